The summed E-state index contributed by atoms with van der Waals surface area (Å²) in [6.07, 6.45) is 3.18. The maximum absolute atomic E-state index is 4.67. The predicted octanol–water partition coefficient (Wildman–Crippen LogP) is 3.37. The summed E-state index contributed by atoms with van der Waals surface area (Å²) in [4.78, 5) is 7.03. The average Bonchev–Trinajstić information content (AvgIpc) is 2.37. The quantitative estimate of drug-likeness (QED) is 0.729. The molecule has 0 aliphatic rings. The molecule has 1 rings (SSSR count). The Bertz CT molecular complexity index is 374. The second-order valence-corrected chi connectivity index (χ2v) is 5.59. The van der Waals surface area contributed by atoms with Gasteiger partial charge in [0.05, 0.1) is 0 Å². The van der Waals surface area contributed by atoms with E-state index in [0.717, 1.165) is 32.0 Å². The van der Waals surface area contributed by atoms with Gasteiger partial charge < -0.3 is 10.2 Å². The van der Waals surface area contributed by atoms with Crippen LogP contribution in [0, 0.1) is 12.8 Å². The van der Waals surface area contributed by atoms with E-state index in [1.54, 1.807) is 0 Å². The number of nitrogens with one attached hydrogen (secondary N) is 1. The predicted molar refractivity (Wildman–Crippen MR) is 83.7 cm³/mol. The van der Waals surface area contributed by atoms with Gasteiger partial charge >= 0.3 is 0 Å². The Labute approximate surface area is 118 Å². The highest BCUT2D eigenvalue weighted by atomic mass is 15.2. The Morgan fingerprint density at radius 1 is 1.32 bits per heavy atom. The van der Waals surface area contributed by atoms with Gasteiger partial charge in [-0.1, -0.05) is 20.8 Å². The topological polar surface area (TPSA) is 28.2 Å². The fraction of sp³-hybridized carbons (Fsp3) is 0.688. The van der Waals surface area contributed by atoms with Crippen LogP contribution in [0.2, 0.25) is 0 Å². The molecule has 0 atom stereocenters. The minimum atomic E-state index is 0.659. The van der Waals surface area contributed by atoms with E-state index in [0.29, 0.717) is 5.92 Å². The summed E-state index contributed by atoms with van der Waals surface area (Å²) >= 11 is 0. The molecular weight excluding hydrogens is 234 g/mol. The highest BCUT2D eigenvalue weighted by molar-refractivity contribution is 5.47. The summed E-state index contributed by atoms with van der Waals surface area (Å²) in [7, 11) is 0. The molecular formula is C16H29N3. The van der Waals surface area contributed by atoms with E-state index in [-0.39, 0.29) is 0 Å². The number of hydrogen-bond acceptors (Lipinski definition) is 3. The lowest BCUT2D eigenvalue weighted by atomic mass is 10.1. The van der Waals surface area contributed by atoms with Crippen LogP contribution in [0.25, 0.3) is 0 Å². The summed E-state index contributed by atoms with van der Waals surface area (Å²) in [5.74, 6) is 1.79. The molecule has 0 unspecified atom stereocenters. The second kappa shape index (κ2) is 8.16. The van der Waals surface area contributed by atoms with Gasteiger partial charge in [0.15, 0.2) is 0 Å². The van der Waals surface area contributed by atoms with Gasteiger partial charge in [-0.15, -0.1) is 0 Å². The molecule has 1 aromatic rings. The van der Waals surface area contributed by atoms with Gasteiger partial charge in [-0.2, -0.15) is 0 Å². The van der Waals surface area contributed by atoms with Crippen LogP contribution >= 0.6 is 0 Å². The molecule has 108 valence electrons. The first kappa shape index (κ1) is 16.0. The number of anilines is 1. The zero-order valence-electron chi connectivity index (χ0n) is 13.2. The fourth-order valence-corrected chi connectivity index (χ4v) is 2.27. The number of nitrogens with zero attached hydrogens (tertiary/aromatic N) is 2. The normalized spacial score (nSPS) is 11.1. The molecule has 0 aromatic carbocycles. The third kappa shape index (κ3) is 5.19. The van der Waals surface area contributed by atoms with Crippen molar-refractivity contribution >= 4 is 5.82 Å². The van der Waals surface area contributed by atoms with Crippen LogP contribution in [0.4, 0.5) is 5.82 Å². The number of pyridine rings is 1. The van der Waals surface area contributed by atoms with Crippen LogP contribution < -0.4 is 10.2 Å². The summed E-state index contributed by atoms with van der Waals surface area (Å²) < 4.78 is 0. The zero-order chi connectivity index (χ0) is 14.3. The number of aryl methyl sites for hydroxylation is 1. The van der Waals surface area contributed by atoms with Crippen LogP contribution in [0.15, 0.2) is 12.3 Å². The molecule has 0 spiro atoms. The lowest BCUT2D eigenvalue weighted by Gasteiger charge is -2.25. The summed E-state index contributed by atoms with van der Waals surface area (Å²) in [5, 5.41) is 3.42. The minimum absolute atomic E-state index is 0.659. The first-order valence-electron chi connectivity index (χ1n) is 7.49. The lowest BCUT2D eigenvalue weighted by Crippen LogP contribution is -2.29. The van der Waals surface area contributed by atoms with Crippen molar-refractivity contribution in [2.45, 2.75) is 47.6 Å². The van der Waals surface area contributed by atoms with Crippen LogP contribution in [-0.4, -0.2) is 24.6 Å². The second-order valence-electron chi connectivity index (χ2n) is 5.59. The minimum Gasteiger partial charge on any atom is -0.356 e. The maximum atomic E-state index is 4.67. The van der Waals surface area contributed by atoms with Crippen molar-refractivity contribution in [1.29, 1.82) is 0 Å². The molecule has 3 heteroatoms. The molecule has 0 fully saturated rings. The molecule has 0 aliphatic heterocycles. The van der Waals surface area contributed by atoms with Crippen molar-refractivity contribution in [2.75, 3.05) is 24.5 Å². The smallest absolute Gasteiger partial charge is 0.131 e. The van der Waals surface area contributed by atoms with E-state index in [9.17, 15) is 0 Å². The van der Waals surface area contributed by atoms with Crippen molar-refractivity contribution in [3.8, 4) is 0 Å². The van der Waals surface area contributed by atoms with E-state index in [4.69, 9.17) is 0 Å². The van der Waals surface area contributed by atoms with Gasteiger partial charge in [0.1, 0.15) is 5.82 Å². The third-order valence-corrected chi connectivity index (χ3v) is 3.13. The van der Waals surface area contributed by atoms with Gasteiger partial charge in [0.2, 0.25) is 0 Å². The largest absolute Gasteiger partial charge is 0.356 e. The van der Waals surface area contributed by atoms with Gasteiger partial charge in [-0.05, 0) is 49.9 Å². The van der Waals surface area contributed by atoms with E-state index in [2.05, 4.69) is 55.9 Å². The molecule has 3 nitrogen and oxygen atoms in total. The molecule has 0 radical (unpaired) electrons. The first-order valence-corrected chi connectivity index (χ1v) is 7.49. The van der Waals surface area contributed by atoms with E-state index < -0.39 is 0 Å². The van der Waals surface area contributed by atoms with E-state index in [1.807, 2.05) is 6.20 Å². The molecule has 0 saturated heterocycles. The maximum Gasteiger partial charge on any atom is 0.131 e. The first-order chi connectivity index (χ1) is 9.08. The van der Waals surface area contributed by atoms with Crippen LogP contribution in [0.5, 0.6) is 0 Å². The highest BCUT2D eigenvalue weighted by Gasteiger charge is 2.11. The number of rotatable bonds is 8. The molecule has 0 amide bonds. The van der Waals surface area contributed by atoms with E-state index >= 15 is 0 Å². The number of aromatic nitrogens is 1. The Morgan fingerprint density at radius 2 is 2.05 bits per heavy atom. The zero-order valence-corrected chi connectivity index (χ0v) is 13.2. The summed E-state index contributed by atoms with van der Waals surface area (Å²) in [5.41, 5.74) is 2.55. The lowest BCUT2D eigenvalue weighted by molar-refractivity contribution is 0.613. The third-order valence-electron chi connectivity index (χ3n) is 3.13. The molecule has 0 aliphatic carbocycles. The number of hydrogen-bond donors (Lipinski definition) is 1. The average molecular weight is 263 g/mol. The summed E-state index contributed by atoms with van der Waals surface area (Å²) in [6.45, 7) is 15.1. The van der Waals surface area contributed by atoms with Crippen molar-refractivity contribution in [3.05, 3.63) is 23.4 Å². The monoisotopic (exact) mass is 263 g/mol. The van der Waals surface area contributed by atoms with Crippen molar-refractivity contribution < 1.29 is 0 Å². The van der Waals surface area contributed by atoms with Gasteiger partial charge in [-0.25, -0.2) is 4.98 Å². The molecule has 1 heterocycles. The Morgan fingerprint density at radius 3 is 2.58 bits per heavy atom. The van der Waals surface area contributed by atoms with Gasteiger partial charge in [0.25, 0.3) is 0 Å². The van der Waals surface area contributed by atoms with Crippen molar-refractivity contribution in [1.82, 2.24) is 10.3 Å². The summed E-state index contributed by atoms with van der Waals surface area (Å²) in [6, 6.07) is 2.26. The molecule has 0 bridgehead atoms. The Balaban J connectivity index is 2.74. The SMILES string of the molecule is CCCNCc1cnc(N(CC)CC(C)C)c(C)c1. The van der Waals surface area contributed by atoms with Crippen molar-refractivity contribution in [2.24, 2.45) is 5.92 Å². The van der Waals surface area contributed by atoms with Crippen LogP contribution in [0.1, 0.15) is 45.2 Å². The van der Waals surface area contributed by atoms with Crippen molar-refractivity contribution in [3.63, 3.8) is 0 Å². The van der Waals surface area contributed by atoms with E-state index in [1.165, 1.54) is 17.5 Å². The molecule has 0 saturated carbocycles. The van der Waals surface area contributed by atoms with Crippen LogP contribution in [0.3, 0.4) is 0 Å². The standard InChI is InChI=1S/C16H29N3/c1-6-8-17-10-15-9-14(5)16(18-11-15)19(7-2)12-13(3)4/h9,11,13,17H,6-8,10,12H2,1-5H3. The Kier molecular flexibility index (Phi) is 6.85. The Hall–Kier alpha value is -1.09. The molecule has 1 aromatic heterocycles. The highest BCUT2D eigenvalue weighted by Crippen LogP contribution is 2.19. The molecule has 19 heavy (non-hydrogen) atoms. The fourth-order valence-electron chi connectivity index (χ4n) is 2.27. The van der Waals surface area contributed by atoms with Gasteiger partial charge in [0, 0.05) is 25.8 Å². The van der Waals surface area contributed by atoms with Crippen LogP contribution in [-0.2, 0) is 6.54 Å². The van der Waals surface area contributed by atoms with Gasteiger partial charge in [-0.3, -0.25) is 0 Å². The molecule has 1 N–H and O–H groups in total.